The van der Waals surface area contributed by atoms with Crippen molar-refractivity contribution in [3.05, 3.63) is 114 Å². The minimum absolute atomic E-state index is 0.163. The second-order valence-corrected chi connectivity index (χ2v) is 8.87. The fraction of sp³-hybridized carbons (Fsp3) is 0.161. The monoisotopic (exact) mass is 523 g/mol. The van der Waals surface area contributed by atoms with Crippen molar-refractivity contribution in [2.75, 3.05) is 14.2 Å². The van der Waals surface area contributed by atoms with Crippen LogP contribution in [0.4, 0.5) is 0 Å². The van der Waals surface area contributed by atoms with E-state index in [4.69, 9.17) is 23.7 Å². The van der Waals surface area contributed by atoms with Crippen LogP contribution in [-0.2, 0) is 20.1 Å². The van der Waals surface area contributed by atoms with Gasteiger partial charge in [0.15, 0.2) is 0 Å². The van der Waals surface area contributed by atoms with Crippen molar-refractivity contribution in [3.8, 4) is 34.4 Å². The van der Waals surface area contributed by atoms with Gasteiger partial charge < -0.3 is 23.5 Å². The van der Waals surface area contributed by atoms with E-state index >= 15 is 0 Å². The fourth-order valence-corrected chi connectivity index (χ4v) is 4.32. The summed E-state index contributed by atoms with van der Waals surface area (Å²) < 4.78 is 24.3. The van der Waals surface area contributed by atoms with Crippen molar-refractivity contribution >= 4 is 5.91 Å². The number of hydrogen-bond acceptors (Lipinski definition) is 6. The van der Waals surface area contributed by atoms with Gasteiger partial charge >= 0.3 is 0 Å². The molecule has 0 saturated heterocycles. The molecule has 0 fully saturated rings. The van der Waals surface area contributed by atoms with Gasteiger partial charge in [0.05, 0.1) is 39.1 Å². The molecule has 0 unspecified atom stereocenters. The highest BCUT2D eigenvalue weighted by Gasteiger charge is 2.26. The normalized spacial score (nSPS) is 10.7. The lowest BCUT2D eigenvalue weighted by Crippen LogP contribution is -2.30. The van der Waals surface area contributed by atoms with Gasteiger partial charge in [-0.3, -0.25) is 4.79 Å². The van der Waals surface area contributed by atoms with Crippen LogP contribution in [-0.4, -0.2) is 34.8 Å². The van der Waals surface area contributed by atoms with Gasteiger partial charge in [-0.1, -0.05) is 36.4 Å². The van der Waals surface area contributed by atoms with E-state index in [1.54, 1.807) is 54.3 Å². The molecule has 198 valence electrons. The van der Waals surface area contributed by atoms with Crippen LogP contribution in [0.15, 0.2) is 102 Å². The van der Waals surface area contributed by atoms with Gasteiger partial charge in [0.25, 0.3) is 5.91 Å². The summed E-state index contributed by atoms with van der Waals surface area (Å²) in [5, 5.41) is 4.81. The van der Waals surface area contributed by atoms with Crippen molar-refractivity contribution in [1.29, 1.82) is 0 Å². The third-order valence-corrected chi connectivity index (χ3v) is 6.29. The summed E-state index contributed by atoms with van der Waals surface area (Å²) in [6, 6.07) is 27.9. The Kier molecular flexibility index (Phi) is 7.63. The SMILES string of the molecule is COc1ccc(C(=O)N(Cc2ccco2)Cc2c(-c3ccccc3)nn(C)c2Oc2cccc(OC)c2)cc1. The number of amides is 1. The van der Waals surface area contributed by atoms with Crippen molar-refractivity contribution in [2.45, 2.75) is 13.1 Å². The minimum atomic E-state index is -0.163. The Morgan fingerprint density at radius 2 is 1.59 bits per heavy atom. The van der Waals surface area contributed by atoms with Crippen molar-refractivity contribution in [1.82, 2.24) is 14.7 Å². The molecular formula is C31H29N3O5. The van der Waals surface area contributed by atoms with Crippen LogP contribution in [0, 0.1) is 0 Å². The van der Waals surface area contributed by atoms with Gasteiger partial charge in [0.1, 0.15) is 28.7 Å². The number of aromatic nitrogens is 2. The average Bonchev–Trinajstić information content (AvgIpc) is 3.61. The molecule has 5 aromatic rings. The standard InChI is InChI=1S/C31H29N3O5/c1-33-31(39-26-12-7-11-25(19-26)37-3)28(29(32-33)22-9-5-4-6-10-22)21-34(20-27-13-8-18-38-27)30(35)23-14-16-24(36-2)17-15-23/h4-19H,20-21H2,1-3H3. The van der Waals surface area contributed by atoms with Crippen molar-refractivity contribution in [3.63, 3.8) is 0 Å². The molecule has 2 heterocycles. The molecule has 1 amide bonds. The molecule has 39 heavy (non-hydrogen) atoms. The zero-order chi connectivity index (χ0) is 27.2. The highest BCUT2D eigenvalue weighted by molar-refractivity contribution is 5.94. The van der Waals surface area contributed by atoms with E-state index in [0.29, 0.717) is 34.5 Å². The van der Waals surface area contributed by atoms with Gasteiger partial charge in [-0.05, 0) is 48.5 Å². The number of hydrogen-bond donors (Lipinski definition) is 0. The number of nitrogens with zero attached hydrogens (tertiary/aromatic N) is 3. The number of furan rings is 1. The topological polar surface area (TPSA) is 79.0 Å². The Morgan fingerprint density at radius 3 is 2.28 bits per heavy atom. The number of carbonyl (C=O) groups is 1. The highest BCUT2D eigenvalue weighted by Crippen LogP contribution is 2.35. The Bertz CT molecular complexity index is 1530. The number of aryl methyl sites for hydroxylation is 1. The number of ether oxygens (including phenoxy) is 3. The van der Waals surface area contributed by atoms with Crippen LogP contribution >= 0.6 is 0 Å². The predicted octanol–water partition coefficient (Wildman–Crippen LogP) is 6.33. The molecule has 5 rings (SSSR count). The first-order valence-electron chi connectivity index (χ1n) is 12.4. The Hall–Kier alpha value is -4.98. The molecule has 2 aromatic heterocycles. The molecule has 0 N–H and O–H groups in total. The fourth-order valence-electron chi connectivity index (χ4n) is 4.32. The third-order valence-electron chi connectivity index (χ3n) is 6.29. The lowest BCUT2D eigenvalue weighted by molar-refractivity contribution is 0.0717. The van der Waals surface area contributed by atoms with E-state index in [1.165, 1.54) is 0 Å². The first-order valence-corrected chi connectivity index (χ1v) is 12.4. The second-order valence-electron chi connectivity index (χ2n) is 8.87. The maximum Gasteiger partial charge on any atom is 0.254 e. The molecule has 0 atom stereocenters. The van der Waals surface area contributed by atoms with Crippen molar-refractivity contribution in [2.24, 2.45) is 7.05 Å². The van der Waals surface area contributed by atoms with Crippen LogP contribution in [0.5, 0.6) is 23.1 Å². The van der Waals surface area contributed by atoms with E-state index in [1.807, 2.05) is 73.8 Å². The van der Waals surface area contributed by atoms with Crippen LogP contribution < -0.4 is 14.2 Å². The molecule has 3 aromatic carbocycles. The minimum Gasteiger partial charge on any atom is -0.497 e. The molecule has 0 saturated carbocycles. The van der Waals surface area contributed by atoms with E-state index in [9.17, 15) is 4.79 Å². The Morgan fingerprint density at radius 1 is 0.846 bits per heavy atom. The molecule has 0 aliphatic rings. The average molecular weight is 524 g/mol. The van der Waals surface area contributed by atoms with Crippen LogP contribution in [0.1, 0.15) is 21.7 Å². The molecule has 0 bridgehead atoms. The van der Waals surface area contributed by atoms with Gasteiger partial charge in [0, 0.05) is 24.2 Å². The Labute approximate surface area is 227 Å². The van der Waals surface area contributed by atoms with E-state index in [0.717, 1.165) is 16.8 Å². The molecule has 0 aliphatic carbocycles. The van der Waals surface area contributed by atoms with E-state index < -0.39 is 0 Å². The van der Waals surface area contributed by atoms with Gasteiger partial charge in [-0.25, -0.2) is 4.68 Å². The van der Waals surface area contributed by atoms with Crippen molar-refractivity contribution < 1.29 is 23.4 Å². The number of carbonyl (C=O) groups excluding carboxylic acids is 1. The molecule has 0 radical (unpaired) electrons. The summed E-state index contributed by atoms with van der Waals surface area (Å²) in [5.74, 6) is 2.97. The molecular weight excluding hydrogens is 494 g/mol. The molecule has 0 spiro atoms. The van der Waals surface area contributed by atoms with E-state index in [2.05, 4.69) is 0 Å². The summed E-state index contributed by atoms with van der Waals surface area (Å²) in [6.07, 6.45) is 1.60. The maximum absolute atomic E-state index is 13.8. The summed E-state index contributed by atoms with van der Waals surface area (Å²) in [5.41, 5.74) is 2.93. The Balaban J connectivity index is 1.57. The van der Waals surface area contributed by atoms with E-state index in [-0.39, 0.29) is 19.0 Å². The number of benzene rings is 3. The summed E-state index contributed by atoms with van der Waals surface area (Å²) in [6.45, 7) is 0.489. The lowest BCUT2D eigenvalue weighted by atomic mass is 10.1. The third kappa shape index (κ3) is 5.80. The molecule has 8 nitrogen and oxygen atoms in total. The van der Waals surface area contributed by atoms with Crippen LogP contribution in [0.25, 0.3) is 11.3 Å². The van der Waals surface area contributed by atoms with Gasteiger partial charge in [0.2, 0.25) is 5.88 Å². The largest absolute Gasteiger partial charge is 0.497 e. The quantitative estimate of drug-likeness (QED) is 0.213. The second kappa shape index (κ2) is 11.6. The lowest BCUT2D eigenvalue weighted by Gasteiger charge is -2.23. The smallest absolute Gasteiger partial charge is 0.254 e. The summed E-state index contributed by atoms with van der Waals surface area (Å²) in [4.78, 5) is 15.6. The molecule has 0 aliphatic heterocycles. The summed E-state index contributed by atoms with van der Waals surface area (Å²) >= 11 is 0. The van der Waals surface area contributed by atoms with Gasteiger partial charge in [-0.2, -0.15) is 5.10 Å². The predicted molar refractivity (Wildman–Crippen MR) is 147 cm³/mol. The number of rotatable bonds is 10. The summed E-state index contributed by atoms with van der Waals surface area (Å²) in [7, 11) is 5.03. The van der Waals surface area contributed by atoms with Gasteiger partial charge in [-0.15, -0.1) is 0 Å². The maximum atomic E-state index is 13.8. The first kappa shape index (κ1) is 25.7. The zero-order valence-corrected chi connectivity index (χ0v) is 22.0. The highest BCUT2D eigenvalue weighted by atomic mass is 16.5. The van der Waals surface area contributed by atoms with Crippen LogP contribution in [0.2, 0.25) is 0 Å². The molecule has 8 heteroatoms. The van der Waals surface area contributed by atoms with Crippen LogP contribution in [0.3, 0.4) is 0 Å². The zero-order valence-electron chi connectivity index (χ0n) is 22.0. The number of methoxy groups -OCH3 is 2. The first-order chi connectivity index (χ1) is 19.1.